The molecule has 0 atom stereocenters. The zero-order chi connectivity index (χ0) is 40.7. The van der Waals surface area contributed by atoms with Gasteiger partial charge in [0, 0.05) is 16.7 Å². The van der Waals surface area contributed by atoms with Gasteiger partial charge in [0.1, 0.15) is 25.5 Å². The van der Waals surface area contributed by atoms with Crippen LogP contribution in [0, 0.1) is 11.6 Å². The van der Waals surface area contributed by atoms with E-state index in [-0.39, 0.29) is 75.7 Å². The maximum absolute atomic E-state index is 14.8. The first kappa shape index (κ1) is 43.7. The number of amides is 1. The second-order valence-corrected chi connectivity index (χ2v) is 17.6. The minimum Gasteiger partial charge on any atom is -0.486 e. The number of nitrogens with one attached hydrogen (secondary N) is 3. The lowest BCUT2D eigenvalue weighted by Gasteiger charge is -2.14. The van der Waals surface area contributed by atoms with Crippen LogP contribution in [-0.2, 0) is 54.0 Å². The van der Waals surface area contributed by atoms with Crippen molar-refractivity contribution in [1.82, 2.24) is 5.32 Å². The van der Waals surface area contributed by atoms with E-state index in [1.165, 1.54) is 60.7 Å². The van der Waals surface area contributed by atoms with Crippen LogP contribution in [0.25, 0.3) is 0 Å². The van der Waals surface area contributed by atoms with Crippen LogP contribution in [0.1, 0.15) is 33.5 Å². The summed E-state index contributed by atoms with van der Waals surface area (Å²) >= 11 is 19.2. The van der Waals surface area contributed by atoms with E-state index in [9.17, 15) is 40.0 Å². The SMILES string of the molecule is CS(=O)(=O)Nc1cccc(COc2c(Cl)cc(CCC(=O)OC(=O)CNC(=O)c3cc(Br)c(OCc4cccc(NS(C)(=O)=O)c4F)c(Br)c3)cc2Cl)c1F. The summed E-state index contributed by atoms with van der Waals surface area (Å²) in [5.41, 5.74) is 0.147. The van der Waals surface area contributed by atoms with Gasteiger partial charge in [-0.3, -0.25) is 19.0 Å². The Morgan fingerprint density at radius 2 is 1.20 bits per heavy atom. The van der Waals surface area contributed by atoms with Gasteiger partial charge in [-0.2, -0.15) is 0 Å². The number of carbonyl (C=O) groups is 3. The van der Waals surface area contributed by atoms with Gasteiger partial charge >= 0.3 is 11.9 Å². The van der Waals surface area contributed by atoms with E-state index in [2.05, 4.69) is 46.6 Å². The van der Waals surface area contributed by atoms with Crippen molar-refractivity contribution in [3.63, 3.8) is 0 Å². The Labute approximate surface area is 341 Å². The molecular formula is C34H29Br2Cl2F2N3O10S2. The third kappa shape index (κ3) is 13.0. The zero-order valence-corrected chi connectivity index (χ0v) is 34.8. The van der Waals surface area contributed by atoms with Crippen molar-refractivity contribution in [2.24, 2.45) is 0 Å². The predicted molar refractivity (Wildman–Crippen MR) is 208 cm³/mol. The number of halogens is 6. The smallest absolute Gasteiger partial charge is 0.333 e. The summed E-state index contributed by atoms with van der Waals surface area (Å²) in [5, 5.41) is 2.43. The van der Waals surface area contributed by atoms with Crippen LogP contribution >= 0.6 is 55.1 Å². The molecule has 13 nitrogen and oxygen atoms in total. The molecule has 0 aromatic heterocycles. The second-order valence-electron chi connectivity index (χ2n) is 11.6. The molecule has 0 aliphatic carbocycles. The molecule has 0 aliphatic heterocycles. The number of hydrogen-bond acceptors (Lipinski definition) is 10. The number of ether oxygens (including phenoxy) is 3. The van der Waals surface area contributed by atoms with Gasteiger partial charge in [-0.05, 0) is 80.2 Å². The fraction of sp³-hybridized carbons (Fsp3) is 0.206. The Morgan fingerprint density at radius 1 is 0.727 bits per heavy atom. The van der Waals surface area contributed by atoms with E-state index in [0.717, 1.165) is 12.5 Å². The Bertz CT molecular complexity index is 2330. The normalized spacial score (nSPS) is 11.4. The molecule has 0 fully saturated rings. The third-order valence-electron chi connectivity index (χ3n) is 7.05. The summed E-state index contributed by atoms with van der Waals surface area (Å²) in [6.07, 6.45) is 1.57. The van der Waals surface area contributed by atoms with E-state index < -0.39 is 56.1 Å². The van der Waals surface area contributed by atoms with Crippen molar-refractivity contribution in [3.05, 3.63) is 114 Å². The summed E-state index contributed by atoms with van der Waals surface area (Å²) in [6.45, 7) is -1.27. The minimum absolute atomic E-state index is 0.0186. The third-order valence-corrected chi connectivity index (χ3v) is 9.97. The average Bonchev–Trinajstić information content (AvgIpc) is 3.07. The molecule has 21 heteroatoms. The van der Waals surface area contributed by atoms with E-state index in [0.29, 0.717) is 14.5 Å². The van der Waals surface area contributed by atoms with Gasteiger partial charge in [-0.25, -0.2) is 30.4 Å². The molecule has 0 unspecified atom stereocenters. The molecule has 3 N–H and O–H groups in total. The number of rotatable bonds is 16. The molecular weight excluding hydrogens is 943 g/mol. The van der Waals surface area contributed by atoms with E-state index in [4.69, 9.17) is 37.4 Å². The predicted octanol–water partition coefficient (Wildman–Crippen LogP) is 7.13. The molecule has 0 heterocycles. The highest BCUT2D eigenvalue weighted by atomic mass is 79.9. The Kier molecular flexibility index (Phi) is 14.9. The van der Waals surface area contributed by atoms with Crippen LogP contribution < -0.4 is 24.2 Å². The van der Waals surface area contributed by atoms with Crippen molar-refractivity contribution in [2.45, 2.75) is 26.1 Å². The maximum Gasteiger partial charge on any atom is 0.333 e. The van der Waals surface area contributed by atoms with Crippen LogP contribution in [0.3, 0.4) is 0 Å². The van der Waals surface area contributed by atoms with Gasteiger partial charge in [-0.15, -0.1) is 0 Å². The molecule has 55 heavy (non-hydrogen) atoms. The first-order valence-electron chi connectivity index (χ1n) is 15.5. The van der Waals surface area contributed by atoms with Crippen molar-refractivity contribution in [3.8, 4) is 11.5 Å². The number of hydrogen-bond donors (Lipinski definition) is 3. The van der Waals surface area contributed by atoms with Crippen LogP contribution in [0.15, 0.2) is 69.6 Å². The summed E-state index contributed by atoms with van der Waals surface area (Å²) < 4.78 is 96.4. The van der Waals surface area contributed by atoms with Crippen LogP contribution in [0.4, 0.5) is 20.2 Å². The Morgan fingerprint density at radius 3 is 1.67 bits per heavy atom. The van der Waals surface area contributed by atoms with Crippen molar-refractivity contribution in [2.75, 3.05) is 28.5 Å². The van der Waals surface area contributed by atoms with Crippen LogP contribution in [0.2, 0.25) is 10.0 Å². The molecule has 1 amide bonds. The number of carbonyl (C=O) groups excluding carboxylic acids is 3. The number of benzene rings is 4. The molecule has 4 aromatic rings. The lowest BCUT2D eigenvalue weighted by atomic mass is 10.1. The second kappa shape index (κ2) is 18.8. The standard InChI is InChI=1S/C34H29Br2Cl2F2N3O10S2/c1-54(47,48)42-26-7-3-5-19(30(26)39)16-51-32-22(35)13-21(14-23(32)36)34(46)41-15-29(45)53-28(44)10-9-18-11-24(37)33(25(38)12-18)52-17-20-6-4-8-27(31(20)40)43-55(2,49)50/h3-8,11-14,42-43H,9-10,15-17H2,1-2H3,(H,41,46). The van der Waals surface area contributed by atoms with Gasteiger partial charge in [-0.1, -0.05) is 47.5 Å². The molecule has 0 spiro atoms. The van der Waals surface area contributed by atoms with Crippen molar-refractivity contribution >= 4 is 104 Å². The van der Waals surface area contributed by atoms with E-state index >= 15 is 0 Å². The highest BCUT2D eigenvalue weighted by Crippen LogP contribution is 2.37. The van der Waals surface area contributed by atoms with E-state index in [1.54, 1.807) is 0 Å². The average molecular weight is 972 g/mol. The zero-order valence-electron chi connectivity index (χ0n) is 28.5. The molecule has 294 valence electrons. The highest BCUT2D eigenvalue weighted by molar-refractivity contribution is 9.11. The van der Waals surface area contributed by atoms with Crippen LogP contribution in [-0.4, -0.2) is 53.7 Å². The Hall–Kier alpha value is -4.01. The Balaban J connectivity index is 1.26. The lowest BCUT2D eigenvalue weighted by Crippen LogP contribution is -2.31. The molecule has 4 aromatic carbocycles. The number of sulfonamides is 2. The summed E-state index contributed by atoms with van der Waals surface area (Å²) in [4.78, 5) is 37.4. The van der Waals surface area contributed by atoms with E-state index in [1.807, 2.05) is 0 Å². The molecule has 0 saturated carbocycles. The number of anilines is 2. The molecule has 0 saturated heterocycles. The van der Waals surface area contributed by atoms with Crippen molar-refractivity contribution < 1.29 is 54.2 Å². The minimum atomic E-state index is -3.72. The fourth-order valence-electron chi connectivity index (χ4n) is 4.68. The summed E-state index contributed by atoms with van der Waals surface area (Å²) in [7, 11) is -7.44. The molecule has 0 aliphatic rings. The highest BCUT2D eigenvalue weighted by Gasteiger charge is 2.19. The molecule has 0 radical (unpaired) electrons. The number of esters is 2. The van der Waals surface area contributed by atoms with Crippen LogP contribution in [0.5, 0.6) is 11.5 Å². The summed E-state index contributed by atoms with van der Waals surface area (Å²) in [6, 6.07) is 13.9. The first-order valence-corrected chi connectivity index (χ1v) is 21.6. The topological polar surface area (TPSA) is 183 Å². The monoisotopic (exact) mass is 969 g/mol. The molecule has 4 rings (SSSR count). The fourth-order valence-corrected chi connectivity index (χ4v) is 7.85. The summed E-state index contributed by atoms with van der Waals surface area (Å²) in [5.74, 6) is -4.07. The van der Waals surface area contributed by atoms with Gasteiger partial charge in [0.2, 0.25) is 20.0 Å². The maximum atomic E-state index is 14.8. The largest absolute Gasteiger partial charge is 0.486 e. The lowest BCUT2D eigenvalue weighted by molar-refractivity contribution is -0.158. The van der Waals surface area contributed by atoms with Gasteiger partial charge in [0.05, 0.1) is 49.3 Å². The first-order chi connectivity index (χ1) is 25.7. The quantitative estimate of drug-likeness (QED) is 0.0772. The van der Waals surface area contributed by atoms with Crippen molar-refractivity contribution in [1.29, 1.82) is 0 Å². The number of aryl methyl sites for hydroxylation is 1. The van der Waals surface area contributed by atoms with Gasteiger partial charge in [0.15, 0.2) is 17.4 Å². The van der Waals surface area contributed by atoms with Gasteiger partial charge < -0.3 is 19.5 Å². The van der Waals surface area contributed by atoms with Gasteiger partial charge in [0.25, 0.3) is 5.91 Å². The molecule has 0 bridgehead atoms.